The molecule has 1 aromatic heterocycles. The van der Waals surface area contributed by atoms with Crippen LogP contribution in [0.15, 0.2) is 6.20 Å². The van der Waals surface area contributed by atoms with Gasteiger partial charge in [-0.15, -0.1) is 0 Å². The Kier molecular flexibility index (Phi) is 2.44. The number of rotatable bonds is 2. The van der Waals surface area contributed by atoms with Crippen molar-refractivity contribution < 1.29 is 4.92 Å². The summed E-state index contributed by atoms with van der Waals surface area (Å²) >= 11 is 0. The molecular weight excluding hydrogens is 196 g/mol. The molecule has 0 spiro atoms. The minimum Gasteiger partial charge on any atom is -0.304 e. The Balaban J connectivity index is 2.23. The van der Waals surface area contributed by atoms with E-state index >= 15 is 0 Å². The Morgan fingerprint density at radius 2 is 2.40 bits per heavy atom. The van der Waals surface area contributed by atoms with Crippen LogP contribution >= 0.6 is 0 Å². The number of likely N-dealkylation sites (N-methyl/N-ethyl adjacent to an activating group) is 1. The molecule has 0 aromatic carbocycles. The fourth-order valence-corrected chi connectivity index (χ4v) is 1.97. The van der Waals surface area contributed by atoms with Gasteiger partial charge in [0.05, 0.1) is 11.0 Å². The van der Waals surface area contributed by atoms with Crippen molar-refractivity contribution in [3.63, 3.8) is 0 Å². The molecule has 2 heterocycles. The third-order valence-electron chi connectivity index (χ3n) is 2.83. The molecule has 0 bridgehead atoms. The van der Waals surface area contributed by atoms with E-state index in [2.05, 4.69) is 10.00 Å². The maximum atomic E-state index is 10.7. The maximum Gasteiger partial charge on any atom is 0.309 e. The van der Waals surface area contributed by atoms with E-state index in [0.29, 0.717) is 5.69 Å². The summed E-state index contributed by atoms with van der Waals surface area (Å²) in [5.74, 6) is 0. The molecule has 15 heavy (non-hydrogen) atoms. The molecule has 0 radical (unpaired) electrons. The van der Waals surface area contributed by atoms with Gasteiger partial charge in [-0.3, -0.25) is 14.8 Å². The first-order valence-corrected chi connectivity index (χ1v) is 4.96. The highest BCUT2D eigenvalue weighted by atomic mass is 16.6. The van der Waals surface area contributed by atoms with Gasteiger partial charge in [-0.25, -0.2) is 0 Å². The van der Waals surface area contributed by atoms with Gasteiger partial charge in [0.25, 0.3) is 0 Å². The van der Waals surface area contributed by atoms with Crippen molar-refractivity contribution in [2.75, 3.05) is 20.1 Å². The van der Waals surface area contributed by atoms with Crippen molar-refractivity contribution in [1.29, 1.82) is 0 Å². The lowest BCUT2D eigenvalue weighted by Gasteiger charge is -2.09. The number of likely N-dealkylation sites (tertiary alicyclic amines) is 1. The van der Waals surface area contributed by atoms with Crippen molar-refractivity contribution in [2.24, 2.45) is 0 Å². The van der Waals surface area contributed by atoms with Gasteiger partial charge in [0.2, 0.25) is 0 Å². The molecule has 1 fully saturated rings. The Morgan fingerprint density at radius 3 is 2.87 bits per heavy atom. The highest BCUT2D eigenvalue weighted by Crippen LogP contribution is 2.23. The van der Waals surface area contributed by atoms with E-state index in [0.717, 1.165) is 19.5 Å². The summed E-state index contributed by atoms with van der Waals surface area (Å²) in [5.41, 5.74) is 0.610. The molecular formula is C9H14N4O2. The van der Waals surface area contributed by atoms with Crippen molar-refractivity contribution >= 4 is 5.69 Å². The van der Waals surface area contributed by atoms with Crippen LogP contribution in [-0.4, -0.2) is 39.7 Å². The lowest BCUT2D eigenvalue weighted by Crippen LogP contribution is -2.16. The summed E-state index contributed by atoms with van der Waals surface area (Å²) < 4.78 is 1.73. The zero-order valence-corrected chi connectivity index (χ0v) is 8.88. The fourth-order valence-electron chi connectivity index (χ4n) is 1.97. The van der Waals surface area contributed by atoms with Crippen LogP contribution in [0.4, 0.5) is 5.69 Å². The van der Waals surface area contributed by atoms with Crippen molar-refractivity contribution in [1.82, 2.24) is 14.7 Å². The van der Waals surface area contributed by atoms with E-state index in [-0.39, 0.29) is 16.7 Å². The second-order valence-corrected chi connectivity index (χ2v) is 4.04. The molecule has 0 amide bonds. The van der Waals surface area contributed by atoms with Gasteiger partial charge in [0.1, 0.15) is 11.9 Å². The normalized spacial score (nSPS) is 22.1. The number of aromatic nitrogens is 2. The Bertz CT molecular complexity index is 387. The van der Waals surface area contributed by atoms with Gasteiger partial charge in [0.15, 0.2) is 0 Å². The molecule has 2 rings (SSSR count). The third kappa shape index (κ3) is 1.85. The van der Waals surface area contributed by atoms with Crippen LogP contribution in [0.3, 0.4) is 0 Å². The van der Waals surface area contributed by atoms with Crippen LogP contribution in [0.2, 0.25) is 0 Å². The lowest BCUT2D eigenvalue weighted by molar-refractivity contribution is -0.385. The topological polar surface area (TPSA) is 64.2 Å². The number of nitro groups is 1. The SMILES string of the molecule is Cc1nn([C@H]2CCN(C)C2)cc1[N+](=O)[O-]. The molecule has 1 saturated heterocycles. The van der Waals surface area contributed by atoms with E-state index < -0.39 is 0 Å². The zero-order chi connectivity index (χ0) is 11.0. The van der Waals surface area contributed by atoms with Crippen molar-refractivity contribution in [3.8, 4) is 0 Å². The highest BCUT2D eigenvalue weighted by molar-refractivity contribution is 5.31. The molecule has 6 nitrogen and oxygen atoms in total. The van der Waals surface area contributed by atoms with Crippen LogP contribution < -0.4 is 0 Å². The molecule has 1 aromatic rings. The number of hydrogen-bond acceptors (Lipinski definition) is 4. The molecule has 1 aliphatic heterocycles. The molecule has 1 aliphatic rings. The largest absolute Gasteiger partial charge is 0.309 e. The Hall–Kier alpha value is -1.43. The molecule has 1 atom stereocenters. The monoisotopic (exact) mass is 210 g/mol. The molecule has 0 N–H and O–H groups in total. The predicted octanol–water partition coefficient (Wildman–Crippen LogP) is 0.976. The van der Waals surface area contributed by atoms with E-state index in [1.807, 2.05) is 7.05 Å². The van der Waals surface area contributed by atoms with Crippen LogP contribution in [-0.2, 0) is 0 Å². The van der Waals surface area contributed by atoms with E-state index in [9.17, 15) is 10.1 Å². The summed E-state index contributed by atoms with van der Waals surface area (Å²) in [6.07, 6.45) is 2.55. The van der Waals surface area contributed by atoms with E-state index in [1.54, 1.807) is 17.8 Å². The molecule has 6 heteroatoms. The van der Waals surface area contributed by atoms with Gasteiger partial charge in [0, 0.05) is 6.54 Å². The summed E-state index contributed by atoms with van der Waals surface area (Å²) in [7, 11) is 2.05. The minimum atomic E-state index is -0.377. The van der Waals surface area contributed by atoms with Gasteiger partial charge in [-0.1, -0.05) is 0 Å². The Labute approximate surface area is 87.6 Å². The molecule has 82 valence electrons. The van der Waals surface area contributed by atoms with Crippen molar-refractivity contribution in [2.45, 2.75) is 19.4 Å². The van der Waals surface area contributed by atoms with Crippen molar-refractivity contribution in [3.05, 3.63) is 22.0 Å². The second kappa shape index (κ2) is 3.62. The summed E-state index contributed by atoms with van der Waals surface area (Å²) in [6, 6.07) is 0.280. The Morgan fingerprint density at radius 1 is 1.67 bits per heavy atom. The molecule has 0 aliphatic carbocycles. The van der Waals surface area contributed by atoms with E-state index in [4.69, 9.17) is 0 Å². The van der Waals surface area contributed by atoms with Crippen LogP contribution in [0.5, 0.6) is 0 Å². The third-order valence-corrected chi connectivity index (χ3v) is 2.83. The summed E-state index contributed by atoms with van der Waals surface area (Å²) in [6.45, 7) is 3.61. The summed E-state index contributed by atoms with van der Waals surface area (Å²) in [5, 5.41) is 14.9. The number of aryl methyl sites for hydroxylation is 1. The maximum absolute atomic E-state index is 10.7. The summed E-state index contributed by atoms with van der Waals surface area (Å²) in [4.78, 5) is 12.5. The average Bonchev–Trinajstić information content (AvgIpc) is 2.71. The number of hydrogen-bond donors (Lipinski definition) is 0. The number of nitrogens with zero attached hydrogens (tertiary/aromatic N) is 4. The lowest BCUT2D eigenvalue weighted by atomic mass is 10.3. The minimum absolute atomic E-state index is 0.115. The predicted molar refractivity (Wildman–Crippen MR) is 54.8 cm³/mol. The van der Waals surface area contributed by atoms with Crippen LogP contribution in [0.25, 0.3) is 0 Å². The van der Waals surface area contributed by atoms with Gasteiger partial charge in [-0.05, 0) is 26.9 Å². The van der Waals surface area contributed by atoms with Gasteiger partial charge < -0.3 is 4.90 Å². The highest BCUT2D eigenvalue weighted by Gasteiger charge is 2.25. The quantitative estimate of drug-likeness (QED) is 0.539. The van der Waals surface area contributed by atoms with Gasteiger partial charge in [-0.2, -0.15) is 5.10 Å². The van der Waals surface area contributed by atoms with E-state index in [1.165, 1.54) is 0 Å². The average molecular weight is 210 g/mol. The second-order valence-electron chi connectivity index (χ2n) is 4.04. The fraction of sp³-hybridized carbons (Fsp3) is 0.667. The van der Waals surface area contributed by atoms with Crippen LogP contribution in [0.1, 0.15) is 18.2 Å². The first kappa shape index (κ1) is 10.1. The molecule has 0 saturated carbocycles. The standard InChI is InChI=1S/C9H14N4O2/c1-7-9(13(14)15)6-12(10-7)8-3-4-11(2)5-8/h6,8H,3-5H2,1-2H3/t8-/m0/s1. The van der Waals surface area contributed by atoms with Gasteiger partial charge >= 0.3 is 5.69 Å². The smallest absolute Gasteiger partial charge is 0.304 e. The first-order chi connectivity index (χ1) is 7.08. The molecule has 0 unspecified atom stereocenters. The first-order valence-electron chi connectivity index (χ1n) is 4.96. The zero-order valence-electron chi connectivity index (χ0n) is 8.88. The van der Waals surface area contributed by atoms with Crippen LogP contribution in [0, 0.1) is 17.0 Å².